The van der Waals surface area contributed by atoms with Gasteiger partial charge < -0.3 is 19.6 Å². The number of aryl methyl sites for hydroxylation is 2. The minimum atomic E-state index is -0.995. The van der Waals surface area contributed by atoms with Crippen LogP contribution in [0.15, 0.2) is 95.1 Å². The van der Waals surface area contributed by atoms with Crippen molar-refractivity contribution in [1.29, 1.82) is 0 Å². The second kappa shape index (κ2) is 12.7. The molecule has 39 heavy (non-hydrogen) atoms. The van der Waals surface area contributed by atoms with Crippen LogP contribution in [-0.2, 0) is 17.6 Å². The van der Waals surface area contributed by atoms with E-state index < -0.39 is 12.0 Å². The van der Waals surface area contributed by atoms with Gasteiger partial charge >= 0.3 is 5.97 Å². The molecule has 4 aromatic rings. The van der Waals surface area contributed by atoms with Crippen LogP contribution in [0.4, 0.5) is 0 Å². The highest BCUT2D eigenvalue weighted by molar-refractivity contribution is 6.04. The lowest BCUT2D eigenvalue weighted by molar-refractivity contribution is -0.139. The van der Waals surface area contributed by atoms with Gasteiger partial charge in [-0.2, -0.15) is 0 Å². The zero-order valence-corrected chi connectivity index (χ0v) is 22.3. The van der Waals surface area contributed by atoms with Gasteiger partial charge in [-0.3, -0.25) is 4.79 Å². The van der Waals surface area contributed by atoms with Crippen molar-refractivity contribution in [3.63, 3.8) is 0 Å². The van der Waals surface area contributed by atoms with E-state index >= 15 is 0 Å². The first kappa shape index (κ1) is 27.4. The van der Waals surface area contributed by atoms with E-state index in [4.69, 9.17) is 9.15 Å². The summed E-state index contributed by atoms with van der Waals surface area (Å²) < 4.78 is 11.8. The number of rotatable bonds is 12. The molecule has 0 saturated carbocycles. The highest BCUT2D eigenvalue weighted by Crippen LogP contribution is 2.23. The van der Waals surface area contributed by atoms with Gasteiger partial charge in [-0.15, -0.1) is 0 Å². The van der Waals surface area contributed by atoms with Gasteiger partial charge in [0.15, 0.2) is 5.78 Å². The van der Waals surface area contributed by atoms with Crippen LogP contribution < -0.4 is 10.1 Å². The van der Waals surface area contributed by atoms with Crippen molar-refractivity contribution in [2.75, 3.05) is 6.61 Å². The standard InChI is InChI=1S/C32H32N2O5/c1-21-18-24(20-28(32(36)37)33-22(2)19-29(35)25-10-6-4-7-11-25)14-15-30(21)38-17-16-27-23(3)39-31(34-27)26-12-8-5-9-13-26/h4-15,18-19,28,33H,16-17,20H2,1-3H3,(H,36,37)/b22-19+. The van der Waals surface area contributed by atoms with E-state index in [1.807, 2.05) is 68.4 Å². The number of ether oxygens (including phenoxy) is 1. The number of carboxylic acids is 1. The fourth-order valence-corrected chi connectivity index (χ4v) is 4.26. The number of oxazole rings is 1. The summed E-state index contributed by atoms with van der Waals surface area (Å²) >= 11 is 0. The van der Waals surface area contributed by atoms with E-state index in [0.29, 0.717) is 30.2 Å². The molecule has 7 heteroatoms. The smallest absolute Gasteiger partial charge is 0.326 e. The van der Waals surface area contributed by atoms with Crippen molar-refractivity contribution in [2.24, 2.45) is 0 Å². The maximum atomic E-state index is 12.4. The molecule has 0 spiro atoms. The molecule has 0 amide bonds. The van der Waals surface area contributed by atoms with Crippen molar-refractivity contribution < 1.29 is 23.8 Å². The summed E-state index contributed by atoms with van der Waals surface area (Å²) in [4.78, 5) is 29.0. The predicted molar refractivity (Wildman–Crippen MR) is 150 cm³/mol. The van der Waals surface area contributed by atoms with Crippen LogP contribution in [0.25, 0.3) is 11.5 Å². The summed E-state index contributed by atoms with van der Waals surface area (Å²) in [5.41, 5.74) is 4.58. The number of carbonyl (C=O) groups is 2. The Bertz CT molecular complexity index is 1460. The third-order valence-electron chi connectivity index (χ3n) is 6.29. The number of ketones is 1. The summed E-state index contributed by atoms with van der Waals surface area (Å²) in [6.07, 6.45) is 2.27. The van der Waals surface area contributed by atoms with Crippen molar-refractivity contribution in [2.45, 2.75) is 39.7 Å². The average molecular weight is 525 g/mol. The highest BCUT2D eigenvalue weighted by atomic mass is 16.5. The molecule has 1 atom stereocenters. The number of nitrogens with zero attached hydrogens (tertiary/aromatic N) is 1. The Morgan fingerprint density at radius 3 is 2.38 bits per heavy atom. The van der Waals surface area contributed by atoms with E-state index in [1.54, 1.807) is 31.2 Å². The molecular formula is C32H32N2O5. The molecule has 0 bridgehead atoms. The number of carbonyl (C=O) groups excluding carboxylic acids is 1. The molecule has 2 N–H and O–H groups in total. The van der Waals surface area contributed by atoms with Gasteiger partial charge in [0.2, 0.25) is 5.89 Å². The largest absolute Gasteiger partial charge is 0.493 e. The second-order valence-corrected chi connectivity index (χ2v) is 9.38. The minimum absolute atomic E-state index is 0.181. The van der Waals surface area contributed by atoms with Crippen LogP contribution in [0.2, 0.25) is 0 Å². The van der Waals surface area contributed by atoms with E-state index in [0.717, 1.165) is 33.9 Å². The SMILES string of the molecule is C/C(=C\C(=O)c1ccccc1)NC(Cc1ccc(OCCc2nc(-c3ccccc3)oc2C)c(C)c1)C(=O)O. The van der Waals surface area contributed by atoms with Gasteiger partial charge in [0.1, 0.15) is 17.6 Å². The van der Waals surface area contributed by atoms with Crippen LogP contribution in [0, 0.1) is 13.8 Å². The lowest BCUT2D eigenvalue weighted by Gasteiger charge is -2.17. The van der Waals surface area contributed by atoms with E-state index in [2.05, 4.69) is 10.3 Å². The number of aromatic nitrogens is 1. The molecule has 0 saturated heterocycles. The summed E-state index contributed by atoms with van der Waals surface area (Å²) in [6.45, 7) is 5.95. The van der Waals surface area contributed by atoms with Gasteiger partial charge in [-0.05, 0) is 50.1 Å². The van der Waals surface area contributed by atoms with Crippen LogP contribution in [0.3, 0.4) is 0 Å². The maximum Gasteiger partial charge on any atom is 0.326 e. The molecule has 3 aromatic carbocycles. The van der Waals surface area contributed by atoms with Crippen LogP contribution >= 0.6 is 0 Å². The Kier molecular flexibility index (Phi) is 8.94. The van der Waals surface area contributed by atoms with Crippen molar-refractivity contribution in [1.82, 2.24) is 10.3 Å². The predicted octanol–water partition coefficient (Wildman–Crippen LogP) is 5.95. The molecule has 0 aliphatic heterocycles. The quantitative estimate of drug-likeness (QED) is 0.174. The molecule has 4 rings (SSSR count). The number of hydrogen-bond donors (Lipinski definition) is 2. The molecule has 0 radical (unpaired) electrons. The maximum absolute atomic E-state index is 12.4. The van der Waals surface area contributed by atoms with Gasteiger partial charge in [-0.25, -0.2) is 9.78 Å². The molecular weight excluding hydrogens is 492 g/mol. The fourth-order valence-electron chi connectivity index (χ4n) is 4.26. The molecule has 1 heterocycles. The third-order valence-corrected chi connectivity index (χ3v) is 6.29. The van der Waals surface area contributed by atoms with Gasteiger partial charge in [0, 0.05) is 35.7 Å². The lowest BCUT2D eigenvalue weighted by atomic mass is 10.0. The van der Waals surface area contributed by atoms with Crippen molar-refractivity contribution in [3.8, 4) is 17.2 Å². The molecule has 1 unspecified atom stereocenters. The normalized spacial score (nSPS) is 12.1. The summed E-state index contributed by atoms with van der Waals surface area (Å²) in [6, 6.07) is 23.4. The summed E-state index contributed by atoms with van der Waals surface area (Å²) in [7, 11) is 0. The molecule has 0 aliphatic carbocycles. The first-order valence-electron chi connectivity index (χ1n) is 12.8. The Hall–Kier alpha value is -4.65. The second-order valence-electron chi connectivity index (χ2n) is 9.38. The van der Waals surface area contributed by atoms with E-state index in [9.17, 15) is 14.7 Å². The zero-order chi connectivity index (χ0) is 27.8. The summed E-state index contributed by atoms with van der Waals surface area (Å²) in [5, 5.41) is 12.7. The fraction of sp³-hybridized carbons (Fsp3) is 0.219. The lowest BCUT2D eigenvalue weighted by Crippen LogP contribution is -2.37. The number of carboxylic acid groups (broad SMARTS) is 1. The molecule has 1 aromatic heterocycles. The number of benzene rings is 3. The Morgan fingerprint density at radius 2 is 1.72 bits per heavy atom. The number of allylic oxidation sites excluding steroid dienone is 2. The first-order chi connectivity index (χ1) is 18.8. The number of nitrogens with one attached hydrogen (secondary N) is 1. The van der Waals surface area contributed by atoms with E-state index in [1.165, 1.54) is 6.08 Å². The monoisotopic (exact) mass is 524 g/mol. The van der Waals surface area contributed by atoms with Crippen molar-refractivity contribution >= 4 is 11.8 Å². The van der Waals surface area contributed by atoms with Crippen molar-refractivity contribution in [3.05, 3.63) is 119 Å². The third kappa shape index (κ3) is 7.45. The molecule has 0 aliphatic rings. The molecule has 7 nitrogen and oxygen atoms in total. The molecule has 0 fully saturated rings. The van der Waals surface area contributed by atoms with Gasteiger partial charge in [0.05, 0.1) is 12.3 Å². The highest BCUT2D eigenvalue weighted by Gasteiger charge is 2.19. The number of aliphatic carboxylic acids is 1. The first-order valence-corrected chi connectivity index (χ1v) is 12.8. The Labute approximate surface area is 228 Å². The van der Waals surface area contributed by atoms with Crippen LogP contribution in [0.5, 0.6) is 5.75 Å². The van der Waals surface area contributed by atoms with Crippen LogP contribution in [-0.4, -0.2) is 34.5 Å². The average Bonchev–Trinajstić information content (AvgIpc) is 3.30. The topological polar surface area (TPSA) is 102 Å². The summed E-state index contributed by atoms with van der Waals surface area (Å²) in [5.74, 6) is 0.920. The molecule has 200 valence electrons. The Balaban J connectivity index is 1.34. The zero-order valence-electron chi connectivity index (χ0n) is 22.3. The number of hydrogen-bond acceptors (Lipinski definition) is 6. The van der Waals surface area contributed by atoms with Gasteiger partial charge in [-0.1, -0.05) is 60.7 Å². The minimum Gasteiger partial charge on any atom is -0.493 e. The van der Waals surface area contributed by atoms with E-state index in [-0.39, 0.29) is 12.2 Å². The van der Waals surface area contributed by atoms with Gasteiger partial charge in [0.25, 0.3) is 0 Å². The Morgan fingerprint density at radius 1 is 1.03 bits per heavy atom. The van der Waals surface area contributed by atoms with Crippen LogP contribution in [0.1, 0.15) is 39.9 Å².